The van der Waals surface area contributed by atoms with E-state index in [4.69, 9.17) is 0 Å². The van der Waals surface area contributed by atoms with Gasteiger partial charge in [0.1, 0.15) is 11.2 Å². The first-order valence-corrected chi connectivity index (χ1v) is 6.80. The van der Waals surface area contributed by atoms with Crippen molar-refractivity contribution in [2.45, 2.75) is 38.1 Å². The van der Waals surface area contributed by atoms with Gasteiger partial charge in [0.15, 0.2) is 0 Å². The lowest BCUT2D eigenvalue weighted by molar-refractivity contribution is -0.148. The Morgan fingerprint density at radius 3 is 2.67 bits per heavy atom. The Labute approximate surface area is 119 Å². The Bertz CT molecular complexity index is 649. The van der Waals surface area contributed by atoms with Crippen molar-refractivity contribution in [3.63, 3.8) is 0 Å². The second-order valence-corrected chi connectivity index (χ2v) is 5.15. The highest BCUT2D eigenvalue weighted by Gasteiger charge is 2.49. The monoisotopic (exact) mass is 295 g/mol. The van der Waals surface area contributed by atoms with Crippen molar-refractivity contribution >= 4 is 11.9 Å². The number of carboxylic acid groups (broad SMARTS) is 1. The van der Waals surface area contributed by atoms with Gasteiger partial charge in [-0.15, -0.1) is 0 Å². The zero-order valence-electron chi connectivity index (χ0n) is 11.6. The van der Waals surface area contributed by atoms with Gasteiger partial charge in [-0.25, -0.2) is 9.59 Å². The van der Waals surface area contributed by atoms with E-state index in [2.05, 4.69) is 4.98 Å². The summed E-state index contributed by atoms with van der Waals surface area (Å²) in [7, 11) is 0. The molecule has 1 aromatic rings. The molecule has 0 radical (unpaired) electrons. The molecule has 21 heavy (non-hydrogen) atoms. The van der Waals surface area contributed by atoms with Crippen LogP contribution in [0.4, 0.5) is 0 Å². The van der Waals surface area contributed by atoms with Gasteiger partial charge in [0.2, 0.25) is 0 Å². The van der Waals surface area contributed by atoms with Gasteiger partial charge in [0, 0.05) is 12.6 Å². The highest BCUT2D eigenvalue weighted by Crippen LogP contribution is 2.34. The normalized spacial score (nSPS) is 21.5. The summed E-state index contributed by atoms with van der Waals surface area (Å²) in [6, 6.07) is 0.973. The summed E-state index contributed by atoms with van der Waals surface area (Å²) in [5, 5.41) is 9.54. The molecule has 1 aromatic heterocycles. The zero-order valence-corrected chi connectivity index (χ0v) is 11.6. The molecule has 0 saturated carbocycles. The second kappa shape index (κ2) is 5.55. The molecule has 1 fully saturated rings. The Morgan fingerprint density at radius 2 is 2.10 bits per heavy atom. The zero-order chi connectivity index (χ0) is 15.6. The summed E-state index contributed by atoms with van der Waals surface area (Å²) in [5.41, 5.74) is -2.93. The van der Waals surface area contributed by atoms with Crippen molar-refractivity contribution in [1.29, 1.82) is 0 Å². The van der Waals surface area contributed by atoms with Crippen LogP contribution in [0.2, 0.25) is 0 Å². The SMILES string of the molecule is CCCC1(C(=O)O)CCCN1C(=O)c1cc(=O)[nH]c(=O)[nH]1. The van der Waals surface area contributed by atoms with E-state index < -0.39 is 28.7 Å². The number of hydrogen-bond acceptors (Lipinski definition) is 4. The van der Waals surface area contributed by atoms with Crippen molar-refractivity contribution in [2.75, 3.05) is 6.54 Å². The number of H-pyrrole nitrogens is 2. The lowest BCUT2D eigenvalue weighted by Gasteiger charge is -2.34. The van der Waals surface area contributed by atoms with Crippen LogP contribution in [0.15, 0.2) is 15.7 Å². The third-order valence-corrected chi connectivity index (χ3v) is 3.79. The van der Waals surface area contributed by atoms with E-state index in [1.54, 1.807) is 0 Å². The van der Waals surface area contributed by atoms with E-state index in [1.807, 2.05) is 11.9 Å². The maximum atomic E-state index is 12.5. The van der Waals surface area contributed by atoms with E-state index >= 15 is 0 Å². The Balaban J connectivity index is 2.43. The first kappa shape index (κ1) is 15.0. The molecule has 8 nitrogen and oxygen atoms in total. The molecule has 0 aromatic carbocycles. The molecule has 114 valence electrons. The number of aliphatic carboxylic acids is 1. The highest BCUT2D eigenvalue weighted by atomic mass is 16.4. The average Bonchev–Trinajstić information content (AvgIpc) is 2.82. The van der Waals surface area contributed by atoms with Gasteiger partial charge in [-0.3, -0.25) is 14.6 Å². The molecular formula is C13H17N3O5. The predicted molar refractivity (Wildman–Crippen MR) is 73.2 cm³/mol. The van der Waals surface area contributed by atoms with Gasteiger partial charge >= 0.3 is 11.7 Å². The molecule has 0 bridgehead atoms. The average molecular weight is 295 g/mol. The molecule has 1 saturated heterocycles. The minimum atomic E-state index is -1.26. The molecule has 0 spiro atoms. The number of amides is 1. The van der Waals surface area contributed by atoms with E-state index in [1.165, 1.54) is 4.90 Å². The van der Waals surface area contributed by atoms with Crippen molar-refractivity contribution in [2.24, 2.45) is 0 Å². The summed E-state index contributed by atoms with van der Waals surface area (Å²) < 4.78 is 0. The number of carbonyl (C=O) groups excluding carboxylic acids is 1. The molecule has 1 atom stereocenters. The molecule has 1 unspecified atom stereocenters. The maximum absolute atomic E-state index is 12.5. The number of nitrogens with zero attached hydrogens (tertiary/aromatic N) is 1. The van der Waals surface area contributed by atoms with E-state index in [9.17, 15) is 24.3 Å². The molecule has 1 aliphatic rings. The summed E-state index contributed by atoms with van der Waals surface area (Å²) in [4.78, 5) is 52.2. The van der Waals surface area contributed by atoms with Crippen molar-refractivity contribution in [3.8, 4) is 0 Å². The quantitative estimate of drug-likeness (QED) is 0.717. The fourth-order valence-corrected chi connectivity index (χ4v) is 2.91. The molecule has 1 aliphatic heterocycles. The van der Waals surface area contributed by atoms with Crippen LogP contribution >= 0.6 is 0 Å². The van der Waals surface area contributed by atoms with Gasteiger partial charge in [-0.1, -0.05) is 13.3 Å². The van der Waals surface area contributed by atoms with Crippen molar-refractivity contribution < 1.29 is 14.7 Å². The number of aromatic nitrogens is 2. The third kappa shape index (κ3) is 2.61. The fraction of sp³-hybridized carbons (Fsp3) is 0.538. The number of aromatic amines is 2. The van der Waals surface area contributed by atoms with E-state index in [0.29, 0.717) is 32.2 Å². The first-order valence-electron chi connectivity index (χ1n) is 6.80. The molecule has 8 heteroatoms. The number of rotatable bonds is 4. The van der Waals surface area contributed by atoms with Crippen LogP contribution in [0.5, 0.6) is 0 Å². The predicted octanol–water partition coefficient (Wildman–Crippen LogP) is -0.0773. The van der Waals surface area contributed by atoms with Crippen LogP contribution in [0.25, 0.3) is 0 Å². The molecule has 0 aliphatic carbocycles. The molecule has 2 heterocycles. The Kier molecular flexibility index (Phi) is 3.97. The Morgan fingerprint density at radius 1 is 1.38 bits per heavy atom. The van der Waals surface area contributed by atoms with Crippen LogP contribution in [-0.2, 0) is 4.79 Å². The van der Waals surface area contributed by atoms with E-state index in [0.717, 1.165) is 6.07 Å². The van der Waals surface area contributed by atoms with Gasteiger partial charge < -0.3 is 15.0 Å². The van der Waals surface area contributed by atoms with Crippen LogP contribution < -0.4 is 11.2 Å². The fourth-order valence-electron chi connectivity index (χ4n) is 2.91. The maximum Gasteiger partial charge on any atom is 0.329 e. The standard InChI is InChI=1S/C13H17N3O5/c1-2-4-13(11(19)20)5-3-6-16(13)10(18)8-7-9(17)15-12(21)14-8/h7H,2-6H2,1H3,(H,19,20)(H2,14,15,17,21). The minimum Gasteiger partial charge on any atom is -0.479 e. The number of carboxylic acids is 1. The van der Waals surface area contributed by atoms with Crippen molar-refractivity contribution in [1.82, 2.24) is 14.9 Å². The third-order valence-electron chi connectivity index (χ3n) is 3.79. The van der Waals surface area contributed by atoms with Gasteiger partial charge in [-0.2, -0.15) is 0 Å². The number of nitrogens with one attached hydrogen (secondary N) is 2. The molecule has 2 rings (SSSR count). The number of carbonyl (C=O) groups is 2. The van der Waals surface area contributed by atoms with Gasteiger partial charge in [0.25, 0.3) is 11.5 Å². The first-order chi connectivity index (χ1) is 9.90. The van der Waals surface area contributed by atoms with Crippen LogP contribution in [0.1, 0.15) is 43.1 Å². The Hall–Kier alpha value is -2.38. The summed E-state index contributed by atoms with van der Waals surface area (Å²) >= 11 is 0. The molecule has 1 amide bonds. The number of hydrogen-bond donors (Lipinski definition) is 3. The van der Waals surface area contributed by atoms with E-state index in [-0.39, 0.29) is 5.69 Å². The molecule has 3 N–H and O–H groups in total. The summed E-state index contributed by atoms with van der Waals surface area (Å²) in [6.07, 6.45) is 1.89. The highest BCUT2D eigenvalue weighted by molar-refractivity contribution is 5.96. The minimum absolute atomic E-state index is 0.188. The van der Waals surface area contributed by atoms with Crippen LogP contribution in [0, 0.1) is 0 Å². The van der Waals surface area contributed by atoms with Gasteiger partial charge in [-0.05, 0) is 19.3 Å². The largest absolute Gasteiger partial charge is 0.479 e. The topological polar surface area (TPSA) is 123 Å². The molecular weight excluding hydrogens is 278 g/mol. The van der Waals surface area contributed by atoms with Crippen molar-refractivity contribution in [3.05, 3.63) is 32.6 Å². The second-order valence-electron chi connectivity index (χ2n) is 5.15. The van der Waals surface area contributed by atoms with Crippen LogP contribution in [-0.4, -0.2) is 43.9 Å². The summed E-state index contributed by atoms with van der Waals surface area (Å²) in [6.45, 7) is 2.14. The van der Waals surface area contributed by atoms with Crippen LogP contribution in [0.3, 0.4) is 0 Å². The number of likely N-dealkylation sites (tertiary alicyclic amines) is 1. The summed E-state index contributed by atoms with van der Waals surface area (Å²) in [5.74, 6) is -1.69. The lowest BCUT2D eigenvalue weighted by Crippen LogP contribution is -2.53. The lowest BCUT2D eigenvalue weighted by atomic mass is 9.90. The van der Waals surface area contributed by atoms with Gasteiger partial charge in [0.05, 0.1) is 0 Å². The smallest absolute Gasteiger partial charge is 0.329 e.